The quantitative estimate of drug-likeness (QED) is 0.339. The molecule has 30 heavy (non-hydrogen) atoms. The number of carbonyl (C=O) groups is 1. The first-order valence-corrected chi connectivity index (χ1v) is 11.2. The second kappa shape index (κ2) is 10.4. The largest absolute Gasteiger partial charge is 0.448 e. The van der Waals surface area contributed by atoms with Gasteiger partial charge >= 0.3 is 13.6 Å². The predicted octanol–water partition coefficient (Wildman–Crippen LogP) is 5.42. The summed E-state index contributed by atoms with van der Waals surface area (Å²) >= 11 is 0. The minimum Gasteiger partial charge on any atom is -0.448 e. The van der Waals surface area contributed by atoms with Gasteiger partial charge in [-0.05, 0) is 16.7 Å². The third-order valence-electron chi connectivity index (χ3n) is 4.87. The third kappa shape index (κ3) is 5.25. The van der Waals surface area contributed by atoms with Gasteiger partial charge in [0.25, 0.3) is 0 Å². The van der Waals surface area contributed by atoms with Gasteiger partial charge in [-0.2, -0.15) is 0 Å². The van der Waals surface area contributed by atoms with Crippen LogP contribution < -0.4 is 0 Å². The van der Waals surface area contributed by atoms with Crippen molar-refractivity contribution in [1.82, 2.24) is 0 Å². The second-order valence-corrected chi connectivity index (χ2v) is 9.13. The molecule has 6 heteroatoms. The predicted molar refractivity (Wildman–Crippen MR) is 116 cm³/mol. The molecule has 0 saturated heterocycles. The molecule has 3 aromatic carbocycles. The van der Waals surface area contributed by atoms with Gasteiger partial charge in [0.05, 0.1) is 0 Å². The van der Waals surface area contributed by atoms with Crippen LogP contribution >= 0.6 is 7.60 Å². The van der Waals surface area contributed by atoms with Gasteiger partial charge in [0.1, 0.15) is 5.92 Å². The van der Waals surface area contributed by atoms with E-state index < -0.39 is 25.3 Å². The van der Waals surface area contributed by atoms with Gasteiger partial charge in [-0.25, -0.2) is 0 Å². The summed E-state index contributed by atoms with van der Waals surface area (Å²) in [6, 6.07) is 28.1. The Morgan fingerprint density at radius 1 is 0.767 bits per heavy atom. The summed E-state index contributed by atoms with van der Waals surface area (Å²) in [5, 5.41) is 0. The molecule has 0 amide bonds. The summed E-state index contributed by atoms with van der Waals surface area (Å²) in [5.74, 6) is -2.24. The molecule has 5 nitrogen and oxygen atoms in total. The zero-order valence-electron chi connectivity index (χ0n) is 17.0. The number of benzene rings is 3. The van der Waals surface area contributed by atoms with Crippen molar-refractivity contribution >= 4 is 13.6 Å². The summed E-state index contributed by atoms with van der Waals surface area (Å²) in [4.78, 5) is 13.4. The van der Waals surface area contributed by atoms with Gasteiger partial charge in [-0.15, -0.1) is 0 Å². The monoisotopic (exact) mass is 424 g/mol. The van der Waals surface area contributed by atoms with Crippen molar-refractivity contribution in [3.8, 4) is 0 Å². The number of carbonyl (C=O) groups excluding carboxylic acids is 1. The SMILES string of the molecule is COP(=O)(OC)[C@@H](Cc1ccccc1)OC(=O)C(c1ccccc1)c1ccccc1. The average Bonchev–Trinajstić information content (AvgIpc) is 2.80. The van der Waals surface area contributed by atoms with Crippen molar-refractivity contribution in [2.75, 3.05) is 14.2 Å². The van der Waals surface area contributed by atoms with Gasteiger partial charge in [0.15, 0.2) is 0 Å². The van der Waals surface area contributed by atoms with Crippen LogP contribution in [0.25, 0.3) is 0 Å². The normalized spacial score (nSPS) is 12.5. The maximum Gasteiger partial charge on any atom is 0.370 e. The molecule has 0 aromatic heterocycles. The van der Waals surface area contributed by atoms with Crippen LogP contribution in [-0.4, -0.2) is 26.0 Å². The number of hydrogen-bond acceptors (Lipinski definition) is 5. The average molecular weight is 424 g/mol. The fraction of sp³-hybridized carbons (Fsp3) is 0.208. The van der Waals surface area contributed by atoms with E-state index in [0.717, 1.165) is 16.7 Å². The van der Waals surface area contributed by atoms with Crippen LogP contribution in [0.1, 0.15) is 22.6 Å². The van der Waals surface area contributed by atoms with E-state index >= 15 is 0 Å². The highest BCUT2D eigenvalue weighted by molar-refractivity contribution is 7.54. The molecule has 0 aliphatic carbocycles. The lowest BCUT2D eigenvalue weighted by molar-refractivity contribution is -0.147. The molecule has 3 aromatic rings. The molecule has 0 radical (unpaired) electrons. The Morgan fingerprint density at radius 2 is 1.20 bits per heavy atom. The molecular formula is C24H25O5P. The lowest BCUT2D eigenvalue weighted by Crippen LogP contribution is -2.26. The van der Waals surface area contributed by atoms with Crippen LogP contribution in [0.15, 0.2) is 91.0 Å². The van der Waals surface area contributed by atoms with Crippen LogP contribution in [0.5, 0.6) is 0 Å². The van der Waals surface area contributed by atoms with Gasteiger partial charge < -0.3 is 13.8 Å². The van der Waals surface area contributed by atoms with Crippen LogP contribution in [0.3, 0.4) is 0 Å². The zero-order chi connectivity index (χ0) is 21.4. The molecule has 0 saturated carbocycles. The van der Waals surface area contributed by atoms with Crippen molar-refractivity contribution in [3.63, 3.8) is 0 Å². The first-order chi connectivity index (χ1) is 14.6. The van der Waals surface area contributed by atoms with E-state index in [-0.39, 0.29) is 6.42 Å². The number of esters is 1. The molecule has 1 atom stereocenters. The maximum absolute atomic E-state index is 13.4. The lowest BCUT2D eigenvalue weighted by Gasteiger charge is -2.26. The fourth-order valence-electron chi connectivity index (χ4n) is 3.30. The van der Waals surface area contributed by atoms with E-state index in [4.69, 9.17) is 13.8 Å². The first kappa shape index (κ1) is 22.0. The molecule has 0 heterocycles. The van der Waals surface area contributed by atoms with Crippen LogP contribution in [0.2, 0.25) is 0 Å². The Labute approximate surface area is 177 Å². The minimum absolute atomic E-state index is 0.210. The van der Waals surface area contributed by atoms with Crippen molar-refractivity contribution in [1.29, 1.82) is 0 Å². The fourth-order valence-corrected chi connectivity index (χ4v) is 4.59. The van der Waals surface area contributed by atoms with Crippen molar-refractivity contribution < 1.29 is 23.1 Å². The number of ether oxygens (including phenoxy) is 1. The number of rotatable bonds is 9. The second-order valence-electron chi connectivity index (χ2n) is 6.74. The van der Waals surface area contributed by atoms with Gasteiger partial charge in [0.2, 0.25) is 5.85 Å². The minimum atomic E-state index is -3.68. The molecule has 0 N–H and O–H groups in total. The summed E-state index contributed by atoms with van der Waals surface area (Å²) in [5.41, 5.74) is 2.44. The summed E-state index contributed by atoms with van der Waals surface area (Å²) in [6.07, 6.45) is 0.210. The lowest BCUT2D eigenvalue weighted by atomic mass is 9.91. The Morgan fingerprint density at radius 3 is 1.63 bits per heavy atom. The summed E-state index contributed by atoms with van der Waals surface area (Å²) in [7, 11) is -1.09. The molecule has 0 bridgehead atoms. The smallest absolute Gasteiger partial charge is 0.370 e. The Hall–Kier alpha value is -2.72. The molecule has 0 spiro atoms. The highest BCUT2D eigenvalue weighted by Crippen LogP contribution is 2.53. The Bertz CT molecular complexity index is 929. The topological polar surface area (TPSA) is 61.8 Å². The van der Waals surface area contributed by atoms with E-state index in [9.17, 15) is 9.36 Å². The van der Waals surface area contributed by atoms with Crippen LogP contribution in [0, 0.1) is 0 Å². The van der Waals surface area contributed by atoms with E-state index in [1.54, 1.807) is 0 Å². The summed E-state index contributed by atoms with van der Waals surface area (Å²) in [6.45, 7) is 0. The van der Waals surface area contributed by atoms with Crippen LogP contribution in [-0.2, 0) is 29.6 Å². The van der Waals surface area contributed by atoms with E-state index in [2.05, 4.69) is 0 Å². The molecule has 3 rings (SSSR count). The standard InChI is InChI=1S/C24H25O5P/c1-27-30(26,28-2)22(18-19-12-6-3-7-13-19)29-24(25)23(20-14-8-4-9-15-20)21-16-10-5-11-17-21/h3-17,22-23H,18H2,1-2H3/t22-/m0/s1. The van der Waals surface area contributed by atoms with Gasteiger partial charge in [-0.1, -0.05) is 91.0 Å². The Kier molecular flexibility index (Phi) is 7.58. The van der Waals surface area contributed by atoms with E-state index in [0.29, 0.717) is 0 Å². The highest BCUT2D eigenvalue weighted by atomic mass is 31.2. The van der Waals surface area contributed by atoms with Crippen molar-refractivity contribution in [2.45, 2.75) is 18.2 Å². The summed E-state index contributed by atoms with van der Waals surface area (Å²) < 4.78 is 29.3. The van der Waals surface area contributed by atoms with Crippen LogP contribution in [0.4, 0.5) is 0 Å². The van der Waals surface area contributed by atoms with E-state index in [1.165, 1.54) is 14.2 Å². The van der Waals surface area contributed by atoms with Gasteiger partial charge in [0, 0.05) is 20.6 Å². The van der Waals surface area contributed by atoms with Crippen molar-refractivity contribution in [2.24, 2.45) is 0 Å². The molecule has 0 aliphatic rings. The number of hydrogen-bond donors (Lipinski definition) is 0. The molecule has 0 aliphatic heterocycles. The molecular weight excluding hydrogens is 399 g/mol. The van der Waals surface area contributed by atoms with Gasteiger partial charge in [-0.3, -0.25) is 9.36 Å². The Balaban J connectivity index is 1.94. The van der Waals surface area contributed by atoms with E-state index in [1.807, 2.05) is 91.0 Å². The van der Waals surface area contributed by atoms with Crippen molar-refractivity contribution in [3.05, 3.63) is 108 Å². The molecule has 0 fully saturated rings. The highest BCUT2D eigenvalue weighted by Gasteiger charge is 2.39. The molecule has 0 unspecified atom stereocenters. The first-order valence-electron chi connectivity index (χ1n) is 9.63. The maximum atomic E-state index is 13.4. The third-order valence-corrected chi connectivity index (χ3v) is 6.88. The molecule has 156 valence electrons. The zero-order valence-corrected chi connectivity index (χ0v) is 17.9.